The molecule has 0 aliphatic carbocycles. The van der Waals surface area contributed by atoms with Gasteiger partial charge in [-0.1, -0.05) is 0 Å². The van der Waals surface area contributed by atoms with Gasteiger partial charge in [0.25, 0.3) is 5.56 Å². The van der Waals surface area contributed by atoms with Crippen molar-refractivity contribution in [2.24, 2.45) is 5.92 Å². The number of H-pyrrole nitrogens is 2. The molecule has 11 heteroatoms. The van der Waals surface area contributed by atoms with Gasteiger partial charge in [0.05, 0.1) is 17.2 Å². The zero-order chi connectivity index (χ0) is 17.8. The second-order valence-corrected chi connectivity index (χ2v) is 5.74. The van der Waals surface area contributed by atoms with Crippen molar-refractivity contribution in [1.82, 2.24) is 24.6 Å². The van der Waals surface area contributed by atoms with Crippen LogP contribution in [0, 0.1) is 5.92 Å². The molecule has 3 aromatic heterocycles. The van der Waals surface area contributed by atoms with Gasteiger partial charge in [-0.3, -0.25) is 9.78 Å². The van der Waals surface area contributed by atoms with Gasteiger partial charge in [0.1, 0.15) is 5.69 Å². The lowest BCUT2D eigenvalue weighted by Crippen LogP contribution is -2.53. The number of nitrogens with one attached hydrogen (secondary N) is 2. The van der Waals surface area contributed by atoms with Crippen LogP contribution in [-0.4, -0.2) is 43.8 Å². The summed E-state index contributed by atoms with van der Waals surface area (Å²) in [4.78, 5) is 33.2. The lowest BCUT2D eigenvalue weighted by molar-refractivity contribution is -0.180. The molecule has 8 nitrogen and oxygen atoms in total. The van der Waals surface area contributed by atoms with Crippen molar-refractivity contribution in [2.75, 3.05) is 18.0 Å². The molecule has 1 aliphatic rings. The summed E-state index contributed by atoms with van der Waals surface area (Å²) in [6.45, 7) is -0.366. The first-order chi connectivity index (χ1) is 11.8. The third-order valence-corrected chi connectivity index (χ3v) is 4.12. The molecule has 0 saturated carbocycles. The maximum absolute atomic E-state index is 12.7. The largest absolute Gasteiger partial charge is 0.395 e. The molecule has 25 heavy (non-hydrogen) atoms. The third-order valence-electron chi connectivity index (χ3n) is 4.12. The predicted molar refractivity (Wildman–Crippen MR) is 81.4 cm³/mol. The van der Waals surface area contributed by atoms with Gasteiger partial charge < -0.3 is 9.88 Å². The van der Waals surface area contributed by atoms with Crippen molar-refractivity contribution in [3.63, 3.8) is 0 Å². The monoisotopic (exact) mass is 352 g/mol. The molecule has 4 rings (SSSR count). The molecule has 0 aromatic carbocycles. The minimum absolute atomic E-state index is 0.101. The standard InChI is InChI=1S/C14H11F3N6O2/c15-14(16,17)7-5-22(6-7)10-3-9(21-23-2-1-18-11(10)23)8-4-19-13(25)20-12(8)24/h1-4,7H,5-6H2,(H2,19,20,24,25). The molecule has 0 bridgehead atoms. The average Bonchev–Trinajstić information content (AvgIpc) is 2.92. The van der Waals surface area contributed by atoms with E-state index >= 15 is 0 Å². The molecule has 0 amide bonds. The Morgan fingerprint density at radius 1 is 1.24 bits per heavy atom. The summed E-state index contributed by atoms with van der Waals surface area (Å²) < 4.78 is 39.6. The topological polar surface area (TPSA) is 99.2 Å². The number of hydrogen-bond donors (Lipinski definition) is 2. The second kappa shape index (κ2) is 5.19. The Hall–Kier alpha value is -3.11. The maximum atomic E-state index is 12.7. The number of alkyl halides is 3. The van der Waals surface area contributed by atoms with Crippen LogP contribution in [0.1, 0.15) is 0 Å². The fourth-order valence-corrected chi connectivity index (χ4v) is 2.75. The summed E-state index contributed by atoms with van der Waals surface area (Å²) in [5.41, 5.74) is -0.143. The van der Waals surface area contributed by atoms with Crippen LogP contribution >= 0.6 is 0 Å². The van der Waals surface area contributed by atoms with Gasteiger partial charge in [-0.15, -0.1) is 0 Å². The minimum atomic E-state index is -4.24. The highest BCUT2D eigenvalue weighted by Gasteiger charge is 2.47. The van der Waals surface area contributed by atoms with Crippen molar-refractivity contribution >= 4 is 11.3 Å². The van der Waals surface area contributed by atoms with E-state index in [1.165, 1.54) is 34.1 Å². The number of rotatable bonds is 2. The first kappa shape index (κ1) is 15.4. The van der Waals surface area contributed by atoms with Gasteiger partial charge >= 0.3 is 11.9 Å². The summed E-state index contributed by atoms with van der Waals surface area (Å²) in [7, 11) is 0. The van der Waals surface area contributed by atoms with Crippen molar-refractivity contribution in [1.29, 1.82) is 0 Å². The normalized spacial score (nSPS) is 15.6. The molecule has 1 fully saturated rings. The number of nitrogens with zero attached hydrogens (tertiary/aromatic N) is 4. The second-order valence-electron chi connectivity index (χ2n) is 5.74. The van der Waals surface area contributed by atoms with Crippen molar-refractivity contribution in [2.45, 2.75) is 6.18 Å². The van der Waals surface area contributed by atoms with E-state index in [2.05, 4.69) is 20.1 Å². The molecule has 4 heterocycles. The molecule has 0 unspecified atom stereocenters. The summed E-state index contributed by atoms with van der Waals surface area (Å²) in [6.07, 6.45) is -0.0320. The molecule has 130 valence electrons. The van der Waals surface area contributed by atoms with Crippen LogP contribution in [-0.2, 0) is 0 Å². The minimum Gasteiger partial charge on any atom is -0.367 e. The van der Waals surface area contributed by atoms with E-state index in [0.717, 1.165) is 0 Å². The molecule has 0 radical (unpaired) electrons. The smallest absolute Gasteiger partial charge is 0.367 e. The quantitative estimate of drug-likeness (QED) is 0.710. The fraction of sp³-hybridized carbons (Fsp3) is 0.286. The Morgan fingerprint density at radius 3 is 2.68 bits per heavy atom. The van der Waals surface area contributed by atoms with Crippen molar-refractivity contribution in [3.05, 3.63) is 45.5 Å². The molecular formula is C14H11F3N6O2. The van der Waals surface area contributed by atoms with E-state index < -0.39 is 23.3 Å². The van der Waals surface area contributed by atoms with Crippen molar-refractivity contribution < 1.29 is 13.2 Å². The Labute approximate surface area is 136 Å². The number of anilines is 1. The van der Waals surface area contributed by atoms with Crippen LogP contribution in [0.25, 0.3) is 16.9 Å². The Balaban J connectivity index is 1.79. The highest BCUT2D eigenvalue weighted by molar-refractivity contribution is 5.75. The van der Waals surface area contributed by atoms with Gasteiger partial charge in [-0.25, -0.2) is 14.3 Å². The number of aromatic nitrogens is 5. The third kappa shape index (κ3) is 2.57. The Bertz CT molecular complexity index is 1060. The predicted octanol–water partition coefficient (Wildman–Crippen LogP) is 0.771. The van der Waals surface area contributed by atoms with Gasteiger partial charge in [0.15, 0.2) is 5.65 Å². The van der Waals surface area contributed by atoms with E-state index in [9.17, 15) is 22.8 Å². The average molecular weight is 352 g/mol. The van der Waals surface area contributed by atoms with Crippen LogP contribution < -0.4 is 16.1 Å². The van der Waals surface area contributed by atoms with E-state index in [1.807, 2.05) is 0 Å². The number of aromatic amines is 2. The van der Waals surface area contributed by atoms with Crippen LogP contribution in [0.4, 0.5) is 18.9 Å². The maximum Gasteiger partial charge on any atom is 0.395 e. The lowest BCUT2D eigenvalue weighted by atomic mass is 9.98. The fourth-order valence-electron chi connectivity index (χ4n) is 2.75. The summed E-state index contributed by atoms with van der Waals surface area (Å²) in [6, 6.07) is 1.50. The molecule has 0 atom stereocenters. The number of fused-ring (bicyclic) bond motifs is 1. The van der Waals surface area contributed by atoms with Gasteiger partial charge in [-0.2, -0.15) is 18.3 Å². The zero-order valence-corrected chi connectivity index (χ0v) is 12.5. The first-order valence-electron chi connectivity index (χ1n) is 7.31. The lowest BCUT2D eigenvalue weighted by Gasteiger charge is -2.41. The Kier molecular flexibility index (Phi) is 3.20. The van der Waals surface area contributed by atoms with Gasteiger partial charge in [0, 0.05) is 31.7 Å². The molecular weight excluding hydrogens is 341 g/mol. The van der Waals surface area contributed by atoms with Gasteiger partial charge in [-0.05, 0) is 6.07 Å². The molecule has 2 N–H and O–H groups in total. The highest BCUT2D eigenvalue weighted by Crippen LogP contribution is 2.37. The van der Waals surface area contributed by atoms with E-state index in [1.54, 1.807) is 0 Å². The molecule has 1 aliphatic heterocycles. The van der Waals surface area contributed by atoms with Gasteiger partial charge in [0.2, 0.25) is 0 Å². The summed E-state index contributed by atoms with van der Waals surface area (Å²) in [5, 5.41) is 4.23. The first-order valence-corrected chi connectivity index (χ1v) is 7.31. The number of imidazole rings is 1. The highest BCUT2D eigenvalue weighted by atomic mass is 19.4. The van der Waals surface area contributed by atoms with Crippen LogP contribution in [0.15, 0.2) is 34.2 Å². The van der Waals surface area contributed by atoms with E-state index in [4.69, 9.17) is 0 Å². The zero-order valence-electron chi connectivity index (χ0n) is 12.5. The van der Waals surface area contributed by atoms with E-state index in [-0.39, 0.29) is 24.3 Å². The number of halogens is 3. The summed E-state index contributed by atoms with van der Waals surface area (Å²) >= 11 is 0. The van der Waals surface area contributed by atoms with Crippen molar-refractivity contribution in [3.8, 4) is 11.3 Å². The van der Waals surface area contributed by atoms with Crippen LogP contribution in [0.5, 0.6) is 0 Å². The van der Waals surface area contributed by atoms with Crippen LogP contribution in [0.2, 0.25) is 0 Å². The number of hydrogen-bond acceptors (Lipinski definition) is 5. The SMILES string of the molecule is O=c1[nH]cc(-c2cc(N3CC(C(F)(F)F)C3)c3nccn3n2)c(=O)[nH]1. The van der Waals surface area contributed by atoms with E-state index in [0.29, 0.717) is 11.3 Å². The molecule has 1 saturated heterocycles. The van der Waals surface area contributed by atoms with Crippen LogP contribution in [0.3, 0.4) is 0 Å². The molecule has 3 aromatic rings. The Morgan fingerprint density at radius 2 is 2.00 bits per heavy atom. The summed E-state index contributed by atoms with van der Waals surface area (Å²) in [5.74, 6) is -1.39. The molecule has 0 spiro atoms.